The third-order valence-electron chi connectivity index (χ3n) is 2.31. The number of nitrogens with zero attached hydrogens (tertiary/aromatic N) is 1. The van der Waals surface area contributed by atoms with Crippen molar-refractivity contribution in [3.63, 3.8) is 0 Å². The summed E-state index contributed by atoms with van der Waals surface area (Å²) in [6.07, 6.45) is -0.122. The van der Waals surface area contributed by atoms with E-state index in [0.717, 1.165) is 5.69 Å². The van der Waals surface area contributed by atoms with Crippen molar-refractivity contribution in [1.29, 1.82) is 0 Å². The molecule has 0 spiro atoms. The van der Waals surface area contributed by atoms with Gasteiger partial charge in [0.2, 0.25) is 0 Å². The summed E-state index contributed by atoms with van der Waals surface area (Å²) in [7, 11) is 3.69. The highest BCUT2D eigenvalue weighted by Crippen LogP contribution is 2.27. The molecular weight excluding hydrogens is 270 g/mol. The number of urea groups is 1. The normalized spacial score (nSPS) is 9.84. The molecular formula is C12H16ClN3O3. The number of carbonyl (C=O) groups is 2. The third-order valence-corrected chi connectivity index (χ3v) is 2.55. The molecule has 0 saturated heterocycles. The zero-order valence-corrected chi connectivity index (χ0v) is 11.5. The summed E-state index contributed by atoms with van der Waals surface area (Å²) >= 11 is 5.88. The van der Waals surface area contributed by atoms with Gasteiger partial charge < -0.3 is 20.6 Å². The Morgan fingerprint density at radius 3 is 2.63 bits per heavy atom. The van der Waals surface area contributed by atoms with E-state index < -0.39 is 12.0 Å². The van der Waals surface area contributed by atoms with Gasteiger partial charge in [-0.25, -0.2) is 4.79 Å². The molecule has 6 nitrogen and oxygen atoms in total. The summed E-state index contributed by atoms with van der Waals surface area (Å²) < 4.78 is 0. The molecule has 104 valence electrons. The van der Waals surface area contributed by atoms with Crippen LogP contribution in [0.25, 0.3) is 0 Å². The maximum Gasteiger partial charge on any atom is 0.319 e. The summed E-state index contributed by atoms with van der Waals surface area (Å²) in [5.41, 5.74) is 1.36. The zero-order chi connectivity index (χ0) is 14.4. The second-order valence-corrected chi connectivity index (χ2v) is 4.52. The maximum atomic E-state index is 11.6. The molecule has 0 aliphatic carbocycles. The minimum atomic E-state index is -0.961. The summed E-state index contributed by atoms with van der Waals surface area (Å²) in [4.78, 5) is 23.8. The molecule has 0 aromatic heterocycles. The van der Waals surface area contributed by atoms with Gasteiger partial charge in [0.25, 0.3) is 0 Å². The number of amides is 2. The molecule has 7 heteroatoms. The van der Waals surface area contributed by atoms with E-state index in [4.69, 9.17) is 16.7 Å². The molecule has 1 rings (SSSR count). The van der Waals surface area contributed by atoms with E-state index in [1.807, 2.05) is 19.0 Å². The van der Waals surface area contributed by atoms with Crippen LogP contribution in [0.4, 0.5) is 16.2 Å². The van der Waals surface area contributed by atoms with Crippen molar-refractivity contribution in [1.82, 2.24) is 5.32 Å². The topological polar surface area (TPSA) is 81.7 Å². The van der Waals surface area contributed by atoms with Crippen LogP contribution in [0.5, 0.6) is 0 Å². The molecule has 0 saturated carbocycles. The number of aliphatic carboxylic acids is 1. The second kappa shape index (κ2) is 6.84. The molecule has 0 unspecified atom stereocenters. The minimum absolute atomic E-state index is 0.0685. The molecule has 0 radical (unpaired) electrons. The van der Waals surface area contributed by atoms with Crippen LogP contribution >= 0.6 is 11.6 Å². The van der Waals surface area contributed by atoms with Gasteiger partial charge in [0, 0.05) is 25.7 Å². The lowest BCUT2D eigenvalue weighted by Crippen LogP contribution is -2.31. The Labute approximate surface area is 116 Å². The Morgan fingerprint density at radius 2 is 2.05 bits per heavy atom. The van der Waals surface area contributed by atoms with Crippen LogP contribution < -0.4 is 15.5 Å². The fourth-order valence-electron chi connectivity index (χ4n) is 1.45. The van der Waals surface area contributed by atoms with Crippen LogP contribution in [0.2, 0.25) is 5.02 Å². The largest absolute Gasteiger partial charge is 0.481 e. The predicted octanol–water partition coefficient (Wildman–Crippen LogP) is 2.00. The molecule has 19 heavy (non-hydrogen) atoms. The van der Waals surface area contributed by atoms with Gasteiger partial charge in [0.05, 0.1) is 17.8 Å². The van der Waals surface area contributed by atoms with Crippen molar-refractivity contribution in [2.75, 3.05) is 30.9 Å². The Hall–Kier alpha value is -1.95. The van der Waals surface area contributed by atoms with Crippen molar-refractivity contribution >= 4 is 35.0 Å². The van der Waals surface area contributed by atoms with E-state index in [2.05, 4.69) is 10.6 Å². The molecule has 1 aromatic rings. The highest BCUT2D eigenvalue weighted by molar-refractivity contribution is 6.31. The van der Waals surface area contributed by atoms with Crippen LogP contribution in [0.3, 0.4) is 0 Å². The zero-order valence-electron chi connectivity index (χ0n) is 10.7. The van der Waals surface area contributed by atoms with Crippen molar-refractivity contribution in [3.05, 3.63) is 23.2 Å². The lowest BCUT2D eigenvalue weighted by atomic mass is 10.2. The van der Waals surface area contributed by atoms with E-state index in [1.165, 1.54) is 0 Å². The number of hydrogen-bond acceptors (Lipinski definition) is 3. The first-order valence-electron chi connectivity index (χ1n) is 5.63. The summed E-state index contributed by atoms with van der Waals surface area (Å²) in [6.45, 7) is 0.0685. The van der Waals surface area contributed by atoms with E-state index in [0.29, 0.717) is 10.7 Å². The van der Waals surface area contributed by atoms with Crippen LogP contribution in [0.15, 0.2) is 18.2 Å². The summed E-state index contributed by atoms with van der Waals surface area (Å²) in [5.74, 6) is -0.961. The van der Waals surface area contributed by atoms with Gasteiger partial charge in [-0.3, -0.25) is 4.79 Å². The summed E-state index contributed by atoms with van der Waals surface area (Å²) in [5, 5.41) is 14.1. The molecule has 0 atom stereocenters. The average molecular weight is 286 g/mol. The van der Waals surface area contributed by atoms with Crippen LogP contribution in [0.1, 0.15) is 6.42 Å². The first-order chi connectivity index (χ1) is 8.90. The number of halogens is 1. The first kappa shape index (κ1) is 15.1. The SMILES string of the molecule is CN(C)c1ccc(Cl)cc1NC(=O)NCCC(=O)O. The van der Waals surface area contributed by atoms with Gasteiger partial charge in [-0.15, -0.1) is 0 Å². The van der Waals surface area contributed by atoms with E-state index >= 15 is 0 Å². The molecule has 0 aliphatic rings. The maximum absolute atomic E-state index is 11.6. The highest BCUT2D eigenvalue weighted by atomic mass is 35.5. The number of nitrogens with one attached hydrogen (secondary N) is 2. The number of benzene rings is 1. The number of carbonyl (C=O) groups excluding carboxylic acids is 1. The van der Waals surface area contributed by atoms with E-state index in [1.54, 1.807) is 18.2 Å². The number of hydrogen-bond donors (Lipinski definition) is 3. The number of carboxylic acid groups (broad SMARTS) is 1. The Balaban J connectivity index is 2.67. The smallest absolute Gasteiger partial charge is 0.319 e. The summed E-state index contributed by atoms with van der Waals surface area (Å²) in [6, 6.07) is 4.68. The lowest BCUT2D eigenvalue weighted by molar-refractivity contribution is -0.136. The number of carboxylic acids is 1. The molecule has 0 heterocycles. The Bertz CT molecular complexity index is 477. The molecule has 0 aliphatic heterocycles. The first-order valence-corrected chi connectivity index (χ1v) is 6.01. The quantitative estimate of drug-likeness (QED) is 0.773. The molecule has 0 bridgehead atoms. The second-order valence-electron chi connectivity index (χ2n) is 4.08. The van der Waals surface area contributed by atoms with E-state index in [9.17, 15) is 9.59 Å². The van der Waals surface area contributed by atoms with E-state index in [-0.39, 0.29) is 13.0 Å². The van der Waals surface area contributed by atoms with Crippen molar-refractivity contribution in [3.8, 4) is 0 Å². The minimum Gasteiger partial charge on any atom is -0.481 e. The Kier molecular flexibility index (Phi) is 5.44. The number of rotatable bonds is 5. The molecule has 0 fully saturated rings. The molecule has 1 aromatic carbocycles. The molecule has 3 N–H and O–H groups in total. The van der Waals surface area contributed by atoms with Gasteiger partial charge in [0.15, 0.2) is 0 Å². The third kappa shape index (κ3) is 5.05. The van der Waals surface area contributed by atoms with Gasteiger partial charge in [0.1, 0.15) is 0 Å². The highest BCUT2D eigenvalue weighted by Gasteiger charge is 2.09. The lowest BCUT2D eigenvalue weighted by Gasteiger charge is -2.18. The van der Waals surface area contributed by atoms with Crippen LogP contribution in [0, 0.1) is 0 Å². The van der Waals surface area contributed by atoms with Crippen LogP contribution in [-0.2, 0) is 4.79 Å². The fraction of sp³-hybridized carbons (Fsp3) is 0.333. The Morgan fingerprint density at radius 1 is 1.37 bits per heavy atom. The van der Waals surface area contributed by atoms with Crippen molar-refractivity contribution in [2.24, 2.45) is 0 Å². The standard InChI is InChI=1S/C12H16ClN3O3/c1-16(2)10-4-3-8(13)7-9(10)15-12(19)14-6-5-11(17)18/h3-4,7H,5-6H2,1-2H3,(H,17,18)(H2,14,15,19). The average Bonchev–Trinajstić information content (AvgIpc) is 2.27. The number of anilines is 2. The van der Waals surface area contributed by atoms with Gasteiger partial charge in [-0.05, 0) is 18.2 Å². The van der Waals surface area contributed by atoms with Crippen molar-refractivity contribution in [2.45, 2.75) is 6.42 Å². The van der Waals surface area contributed by atoms with Gasteiger partial charge in [-0.1, -0.05) is 11.6 Å². The monoisotopic (exact) mass is 285 g/mol. The van der Waals surface area contributed by atoms with Crippen molar-refractivity contribution < 1.29 is 14.7 Å². The van der Waals surface area contributed by atoms with Gasteiger partial charge >= 0.3 is 12.0 Å². The van der Waals surface area contributed by atoms with Gasteiger partial charge in [-0.2, -0.15) is 0 Å². The van der Waals surface area contributed by atoms with Crippen LogP contribution in [-0.4, -0.2) is 37.7 Å². The fourth-order valence-corrected chi connectivity index (χ4v) is 1.62. The predicted molar refractivity (Wildman–Crippen MR) is 75.1 cm³/mol. The molecule has 2 amide bonds.